The minimum absolute atomic E-state index is 0.194. The Hall–Kier alpha value is -2.44. The van der Waals surface area contributed by atoms with Crippen molar-refractivity contribution in [1.82, 2.24) is 19.5 Å². The highest BCUT2D eigenvalue weighted by Crippen LogP contribution is 2.32. The molecule has 3 rings (SSSR count). The number of carbonyl (C=O) groups is 2. The summed E-state index contributed by atoms with van der Waals surface area (Å²) >= 11 is 0. The van der Waals surface area contributed by atoms with Crippen molar-refractivity contribution in [2.75, 3.05) is 13.1 Å². The second-order valence-electron chi connectivity index (χ2n) is 6.58. The van der Waals surface area contributed by atoms with Crippen molar-refractivity contribution in [3.8, 4) is 0 Å². The molecule has 2 aromatic heterocycles. The third-order valence-corrected chi connectivity index (χ3v) is 4.56. The molecule has 0 unspecified atom stereocenters. The Balaban J connectivity index is 2.03. The van der Waals surface area contributed by atoms with Crippen LogP contribution in [0.2, 0.25) is 0 Å². The maximum atomic E-state index is 12.9. The van der Waals surface area contributed by atoms with Crippen LogP contribution in [0, 0.1) is 26.2 Å². The molecule has 1 atom stereocenters. The summed E-state index contributed by atoms with van der Waals surface area (Å²) in [6.07, 6.45) is 0.456. The fourth-order valence-corrected chi connectivity index (χ4v) is 3.14. The molecule has 7 heteroatoms. The number of aliphatic carboxylic acids is 1. The van der Waals surface area contributed by atoms with Gasteiger partial charge in [0.1, 0.15) is 5.56 Å². The van der Waals surface area contributed by atoms with Crippen LogP contribution in [0.3, 0.4) is 0 Å². The van der Waals surface area contributed by atoms with Gasteiger partial charge in [0.05, 0.1) is 11.1 Å². The van der Waals surface area contributed by atoms with Gasteiger partial charge in [0, 0.05) is 24.5 Å². The second-order valence-corrected chi connectivity index (χ2v) is 6.58. The topological polar surface area (TPSA) is 87.8 Å². The zero-order valence-corrected chi connectivity index (χ0v) is 13.8. The van der Waals surface area contributed by atoms with Crippen molar-refractivity contribution in [2.45, 2.75) is 34.1 Å². The number of carboxylic acids is 1. The summed E-state index contributed by atoms with van der Waals surface area (Å²) in [5, 5.41) is 13.7. The van der Waals surface area contributed by atoms with Crippen molar-refractivity contribution in [2.24, 2.45) is 5.41 Å². The number of carboxylic acid groups (broad SMARTS) is 1. The SMILES string of the molecule is Cc1cc(C)n2nc(C)c(C(=O)N3CC[C@@](C)(C(=O)O)C3)c2n1. The summed E-state index contributed by atoms with van der Waals surface area (Å²) in [4.78, 5) is 30.3. The monoisotopic (exact) mass is 316 g/mol. The summed E-state index contributed by atoms with van der Waals surface area (Å²) in [5.41, 5.74) is 2.46. The molecule has 0 saturated carbocycles. The van der Waals surface area contributed by atoms with Gasteiger partial charge in [-0.2, -0.15) is 5.10 Å². The van der Waals surface area contributed by atoms with Gasteiger partial charge in [-0.3, -0.25) is 9.59 Å². The fourth-order valence-electron chi connectivity index (χ4n) is 3.14. The quantitative estimate of drug-likeness (QED) is 0.909. The van der Waals surface area contributed by atoms with E-state index in [2.05, 4.69) is 10.1 Å². The number of amides is 1. The summed E-state index contributed by atoms with van der Waals surface area (Å²) < 4.78 is 1.67. The van der Waals surface area contributed by atoms with Crippen LogP contribution < -0.4 is 0 Å². The van der Waals surface area contributed by atoms with E-state index in [4.69, 9.17) is 0 Å². The lowest BCUT2D eigenvalue weighted by molar-refractivity contribution is -0.147. The van der Waals surface area contributed by atoms with Crippen molar-refractivity contribution in [3.63, 3.8) is 0 Å². The summed E-state index contributed by atoms with van der Waals surface area (Å²) in [5.74, 6) is -1.06. The molecule has 1 N–H and O–H groups in total. The van der Waals surface area contributed by atoms with Gasteiger partial charge in [0.2, 0.25) is 0 Å². The molecular formula is C16H20N4O3. The van der Waals surface area contributed by atoms with Gasteiger partial charge < -0.3 is 10.0 Å². The van der Waals surface area contributed by atoms with Crippen molar-refractivity contribution in [1.29, 1.82) is 0 Å². The van der Waals surface area contributed by atoms with Gasteiger partial charge in [-0.15, -0.1) is 0 Å². The lowest BCUT2D eigenvalue weighted by atomic mass is 9.90. The fraction of sp³-hybridized carbons (Fsp3) is 0.500. The van der Waals surface area contributed by atoms with Gasteiger partial charge >= 0.3 is 5.97 Å². The standard InChI is InChI=1S/C16H20N4O3/c1-9-7-10(2)20-13(17-9)12(11(3)18-20)14(21)19-6-5-16(4,8-19)15(22)23/h7H,5-6,8H2,1-4H3,(H,22,23)/t16-/m1/s1. The number of fused-ring (bicyclic) bond motifs is 1. The first-order valence-electron chi connectivity index (χ1n) is 7.59. The van der Waals surface area contributed by atoms with Gasteiger partial charge in [-0.1, -0.05) is 0 Å². The third-order valence-electron chi connectivity index (χ3n) is 4.56. The number of likely N-dealkylation sites (tertiary alicyclic amines) is 1. The molecule has 3 heterocycles. The first kappa shape index (κ1) is 15.5. The number of rotatable bonds is 2. The normalized spacial score (nSPS) is 21.1. The molecule has 122 valence electrons. The second kappa shape index (κ2) is 5.04. The number of nitrogens with zero attached hydrogens (tertiary/aromatic N) is 4. The first-order chi connectivity index (χ1) is 10.7. The number of aromatic nitrogens is 3. The van der Waals surface area contributed by atoms with E-state index in [-0.39, 0.29) is 12.5 Å². The largest absolute Gasteiger partial charge is 0.481 e. The Morgan fingerprint density at radius 3 is 2.61 bits per heavy atom. The summed E-state index contributed by atoms with van der Waals surface area (Å²) in [7, 11) is 0. The zero-order valence-electron chi connectivity index (χ0n) is 13.8. The minimum atomic E-state index is -0.883. The molecule has 0 radical (unpaired) electrons. The molecule has 23 heavy (non-hydrogen) atoms. The summed E-state index contributed by atoms with van der Waals surface area (Å²) in [6.45, 7) is 7.90. The van der Waals surface area contributed by atoms with Gasteiger partial charge in [-0.05, 0) is 40.2 Å². The van der Waals surface area contributed by atoms with E-state index < -0.39 is 11.4 Å². The Morgan fingerprint density at radius 2 is 2.00 bits per heavy atom. The Bertz CT molecular complexity index is 826. The molecule has 1 fully saturated rings. The number of aryl methyl sites for hydroxylation is 3. The van der Waals surface area contributed by atoms with E-state index in [1.54, 1.807) is 23.3 Å². The van der Waals surface area contributed by atoms with E-state index in [1.165, 1.54) is 0 Å². The van der Waals surface area contributed by atoms with E-state index in [0.29, 0.717) is 29.9 Å². The highest BCUT2D eigenvalue weighted by molar-refractivity contribution is 6.01. The minimum Gasteiger partial charge on any atom is -0.481 e. The predicted octanol–water partition coefficient (Wildman–Crippen LogP) is 1.59. The Kier molecular flexibility index (Phi) is 3.39. The smallest absolute Gasteiger partial charge is 0.311 e. The molecule has 2 aromatic rings. The molecule has 0 aromatic carbocycles. The predicted molar refractivity (Wildman–Crippen MR) is 83.5 cm³/mol. The van der Waals surface area contributed by atoms with Gasteiger partial charge in [0.15, 0.2) is 5.65 Å². The molecule has 7 nitrogen and oxygen atoms in total. The molecule has 0 spiro atoms. The van der Waals surface area contributed by atoms with Crippen molar-refractivity contribution in [3.05, 3.63) is 28.7 Å². The Labute approximate surface area is 133 Å². The van der Waals surface area contributed by atoms with Crippen LogP contribution >= 0.6 is 0 Å². The maximum Gasteiger partial charge on any atom is 0.311 e. The highest BCUT2D eigenvalue weighted by Gasteiger charge is 2.43. The van der Waals surface area contributed by atoms with Crippen LogP contribution in [0.1, 0.15) is 40.8 Å². The zero-order chi connectivity index (χ0) is 16.9. The van der Waals surface area contributed by atoms with E-state index in [9.17, 15) is 14.7 Å². The number of carbonyl (C=O) groups excluding carboxylic acids is 1. The van der Waals surface area contributed by atoms with Gasteiger partial charge in [-0.25, -0.2) is 9.50 Å². The molecule has 0 aliphatic carbocycles. The molecule has 1 amide bonds. The van der Waals surface area contributed by atoms with Crippen LogP contribution in [0.4, 0.5) is 0 Å². The average molecular weight is 316 g/mol. The van der Waals surface area contributed by atoms with Crippen LogP contribution in [0.5, 0.6) is 0 Å². The van der Waals surface area contributed by atoms with E-state index >= 15 is 0 Å². The lowest BCUT2D eigenvalue weighted by Crippen LogP contribution is -2.35. The summed E-state index contributed by atoms with van der Waals surface area (Å²) in [6, 6.07) is 1.91. The molecule has 0 bridgehead atoms. The number of hydrogen-bond donors (Lipinski definition) is 1. The van der Waals surface area contributed by atoms with Crippen molar-refractivity contribution < 1.29 is 14.7 Å². The van der Waals surface area contributed by atoms with Crippen LogP contribution in [-0.2, 0) is 4.79 Å². The lowest BCUT2D eigenvalue weighted by Gasteiger charge is -2.20. The number of hydrogen-bond acceptors (Lipinski definition) is 4. The molecular weight excluding hydrogens is 296 g/mol. The van der Waals surface area contributed by atoms with Crippen LogP contribution in [-0.4, -0.2) is 49.6 Å². The molecule has 1 aliphatic heterocycles. The third kappa shape index (κ3) is 2.36. The Morgan fingerprint density at radius 1 is 1.30 bits per heavy atom. The van der Waals surface area contributed by atoms with Gasteiger partial charge in [0.25, 0.3) is 5.91 Å². The van der Waals surface area contributed by atoms with Crippen LogP contribution in [0.15, 0.2) is 6.07 Å². The molecule has 1 aliphatic rings. The first-order valence-corrected chi connectivity index (χ1v) is 7.59. The van der Waals surface area contributed by atoms with Crippen molar-refractivity contribution >= 4 is 17.5 Å². The van der Waals surface area contributed by atoms with Crippen LogP contribution in [0.25, 0.3) is 5.65 Å². The van der Waals surface area contributed by atoms with E-state index in [0.717, 1.165) is 11.4 Å². The average Bonchev–Trinajstić information content (AvgIpc) is 3.00. The molecule has 1 saturated heterocycles. The highest BCUT2D eigenvalue weighted by atomic mass is 16.4. The maximum absolute atomic E-state index is 12.9. The van der Waals surface area contributed by atoms with E-state index in [1.807, 2.05) is 19.9 Å².